The molecule has 0 radical (unpaired) electrons. The average molecular weight is 433 g/mol. The third-order valence-electron chi connectivity index (χ3n) is 3.06. The Labute approximate surface area is 145 Å². The van der Waals surface area contributed by atoms with E-state index < -0.39 is 0 Å². The number of rotatable bonds is 4. The fraction of sp³-hybridized carbons (Fsp3) is 0.267. The second-order valence-corrected chi connectivity index (χ2v) is 7.97. The van der Waals surface area contributed by atoms with Crippen LogP contribution in [0.2, 0.25) is 0 Å². The van der Waals surface area contributed by atoms with E-state index in [1.54, 1.807) is 19.1 Å². The van der Waals surface area contributed by atoms with Crippen LogP contribution in [0.4, 0.5) is 0 Å². The second-order valence-electron chi connectivity index (χ2n) is 4.68. The van der Waals surface area contributed by atoms with Gasteiger partial charge >= 0.3 is 0 Å². The Hall–Kier alpha value is -0.850. The summed E-state index contributed by atoms with van der Waals surface area (Å²) in [5.74, 6) is 0.789. The normalized spacial score (nSPS) is 10.5. The summed E-state index contributed by atoms with van der Waals surface area (Å²) < 4.78 is 7.31. The molecule has 0 aliphatic heterocycles. The molecule has 1 aromatic carbocycles. The number of ether oxygens (including phenoxy) is 1. The summed E-state index contributed by atoms with van der Waals surface area (Å²) in [5.41, 5.74) is 2.05. The Kier molecular flexibility index (Phi) is 5.46. The van der Waals surface area contributed by atoms with Crippen LogP contribution in [0.3, 0.4) is 0 Å². The van der Waals surface area contributed by atoms with E-state index in [1.807, 2.05) is 31.2 Å². The Morgan fingerprint density at radius 1 is 1.33 bits per heavy atom. The number of thiophene rings is 1. The molecule has 1 aromatic heterocycles. The smallest absolute Gasteiger partial charge is 0.264 e. The number of hydrogen-bond donors (Lipinski definition) is 0. The number of benzene rings is 1. The molecule has 2 aromatic rings. The summed E-state index contributed by atoms with van der Waals surface area (Å²) in [4.78, 5) is 14.9. The molecule has 0 aliphatic carbocycles. The van der Waals surface area contributed by atoms with Crippen LogP contribution in [-0.4, -0.2) is 25.0 Å². The van der Waals surface area contributed by atoms with Gasteiger partial charge in [0.05, 0.1) is 15.8 Å². The van der Waals surface area contributed by atoms with Gasteiger partial charge in [-0.15, -0.1) is 11.3 Å². The van der Waals surface area contributed by atoms with E-state index in [-0.39, 0.29) is 5.91 Å². The Morgan fingerprint density at radius 3 is 2.62 bits per heavy atom. The molecule has 21 heavy (non-hydrogen) atoms. The number of halogens is 2. The van der Waals surface area contributed by atoms with Crippen molar-refractivity contribution < 1.29 is 9.53 Å². The third kappa shape index (κ3) is 3.87. The fourth-order valence-corrected chi connectivity index (χ4v) is 3.89. The number of nitrogens with zero attached hydrogens (tertiary/aromatic N) is 1. The largest absolute Gasteiger partial charge is 0.496 e. The molecule has 0 unspecified atom stereocenters. The van der Waals surface area contributed by atoms with E-state index >= 15 is 0 Å². The number of methoxy groups -OCH3 is 1. The van der Waals surface area contributed by atoms with Gasteiger partial charge in [-0.2, -0.15) is 0 Å². The van der Waals surface area contributed by atoms with Crippen molar-refractivity contribution in [3.05, 3.63) is 48.5 Å². The van der Waals surface area contributed by atoms with Gasteiger partial charge in [-0.3, -0.25) is 4.79 Å². The van der Waals surface area contributed by atoms with Gasteiger partial charge in [0, 0.05) is 23.6 Å². The van der Waals surface area contributed by atoms with Crippen molar-refractivity contribution in [1.82, 2.24) is 4.90 Å². The maximum atomic E-state index is 12.5. The first-order valence-electron chi connectivity index (χ1n) is 6.26. The molecule has 0 atom stereocenters. The highest BCUT2D eigenvalue weighted by atomic mass is 79.9. The molecule has 0 saturated carbocycles. The lowest BCUT2D eigenvalue weighted by molar-refractivity contribution is 0.0789. The first-order valence-corrected chi connectivity index (χ1v) is 8.66. The van der Waals surface area contributed by atoms with Gasteiger partial charge in [-0.05, 0) is 52.7 Å². The molecule has 3 nitrogen and oxygen atoms in total. The van der Waals surface area contributed by atoms with Crippen molar-refractivity contribution in [3.8, 4) is 5.75 Å². The molecular formula is C15H15Br2NO2S. The SMILES string of the molecule is COc1ccc(Br)cc1CN(C)C(=O)c1cc(C)c(Br)s1. The molecule has 0 bridgehead atoms. The quantitative estimate of drug-likeness (QED) is 0.690. The van der Waals surface area contributed by atoms with Crippen molar-refractivity contribution in [1.29, 1.82) is 0 Å². The van der Waals surface area contributed by atoms with E-state index in [2.05, 4.69) is 31.9 Å². The van der Waals surface area contributed by atoms with Crippen molar-refractivity contribution in [3.63, 3.8) is 0 Å². The lowest BCUT2D eigenvalue weighted by Crippen LogP contribution is -2.25. The summed E-state index contributed by atoms with van der Waals surface area (Å²) in [6.07, 6.45) is 0. The van der Waals surface area contributed by atoms with Crippen LogP contribution in [0.25, 0.3) is 0 Å². The van der Waals surface area contributed by atoms with Crippen molar-refractivity contribution in [2.24, 2.45) is 0 Å². The van der Waals surface area contributed by atoms with Gasteiger partial charge in [0.2, 0.25) is 0 Å². The minimum absolute atomic E-state index is 0.0100. The van der Waals surface area contributed by atoms with Gasteiger partial charge in [-0.25, -0.2) is 0 Å². The van der Waals surface area contributed by atoms with Crippen LogP contribution >= 0.6 is 43.2 Å². The van der Waals surface area contributed by atoms with E-state index in [0.717, 1.165) is 30.0 Å². The summed E-state index contributed by atoms with van der Waals surface area (Å²) in [5, 5.41) is 0. The molecule has 0 aliphatic rings. The Bertz CT molecular complexity index is 650. The van der Waals surface area contributed by atoms with Gasteiger partial charge in [0.25, 0.3) is 5.91 Å². The Morgan fingerprint density at radius 2 is 2.05 bits per heavy atom. The van der Waals surface area contributed by atoms with Crippen LogP contribution in [0.5, 0.6) is 5.75 Å². The monoisotopic (exact) mass is 431 g/mol. The number of hydrogen-bond acceptors (Lipinski definition) is 3. The maximum Gasteiger partial charge on any atom is 0.264 e. The first-order chi connectivity index (χ1) is 9.92. The second kappa shape index (κ2) is 6.94. The van der Waals surface area contributed by atoms with Crippen LogP contribution in [0.1, 0.15) is 20.8 Å². The molecule has 0 spiro atoms. The molecule has 1 heterocycles. The fourth-order valence-electron chi connectivity index (χ4n) is 1.95. The molecule has 2 rings (SSSR count). The molecule has 1 amide bonds. The summed E-state index contributed by atoms with van der Waals surface area (Å²) in [6, 6.07) is 7.69. The van der Waals surface area contributed by atoms with Crippen molar-refractivity contribution >= 4 is 49.1 Å². The number of carbonyl (C=O) groups excluding carboxylic acids is 1. The number of carbonyl (C=O) groups is 1. The zero-order chi connectivity index (χ0) is 15.6. The van der Waals surface area contributed by atoms with E-state index in [1.165, 1.54) is 11.3 Å². The minimum Gasteiger partial charge on any atom is -0.496 e. The Balaban J connectivity index is 2.19. The molecule has 0 saturated heterocycles. The lowest BCUT2D eigenvalue weighted by Gasteiger charge is -2.18. The molecular weight excluding hydrogens is 418 g/mol. The van der Waals surface area contributed by atoms with Crippen LogP contribution in [-0.2, 0) is 6.54 Å². The summed E-state index contributed by atoms with van der Waals surface area (Å²) in [6.45, 7) is 2.48. The van der Waals surface area contributed by atoms with E-state index in [4.69, 9.17) is 4.74 Å². The highest BCUT2D eigenvalue weighted by Crippen LogP contribution is 2.29. The summed E-state index contributed by atoms with van der Waals surface area (Å²) >= 11 is 8.36. The molecule has 112 valence electrons. The predicted molar refractivity (Wildman–Crippen MR) is 93.2 cm³/mol. The zero-order valence-electron chi connectivity index (χ0n) is 11.9. The topological polar surface area (TPSA) is 29.5 Å². The first kappa shape index (κ1) is 16.5. The molecule has 6 heteroatoms. The van der Waals surface area contributed by atoms with Crippen molar-refractivity contribution in [2.75, 3.05) is 14.2 Å². The van der Waals surface area contributed by atoms with E-state index in [0.29, 0.717) is 6.54 Å². The van der Waals surface area contributed by atoms with E-state index in [9.17, 15) is 4.79 Å². The summed E-state index contributed by atoms with van der Waals surface area (Å²) in [7, 11) is 3.43. The molecule has 0 fully saturated rings. The zero-order valence-corrected chi connectivity index (χ0v) is 15.9. The van der Waals surface area contributed by atoms with Crippen LogP contribution < -0.4 is 4.74 Å². The van der Waals surface area contributed by atoms with Gasteiger partial charge in [0.15, 0.2) is 0 Å². The average Bonchev–Trinajstić information content (AvgIpc) is 2.78. The third-order valence-corrected chi connectivity index (χ3v) is 5.68. The van der Waals surface area contributed by atoms with Crippen LogP contribution in [0.15, 0.2) is 32.5 Å². The predicted octanol–water partition coefficient (Wildman–Crippen LogP) is 4.86. The lowest BCUT2D eigenvalue weighted by atomic mass is 10.2. The van der Waals surface area contributed by atoms with Gasteiger partial charge < -0.3 is 9.64 Å². The highest BCUT2D eigenvalue weighted by molar-refractivity contribution is 9.11. The van der Waals surface area contributed by atoms with Crippen LogP contribution in [0, 0.1) is 6.92 Å². The number of amides is 1. The van der Waals surface area contributed by atoms with Crippen molar-refractivity contribution in [2.45, 2.75) is 13.5 Å². The number of aryl methyl sites for hydroxylation is 1. The van der Waals surface area contributed by atoms with Gasteiger partial charge in [-0.1, -0.05) is 15.9 Å². The van der Waals surface area contributed by atoms with Gasteiger partial charge in [0.1, 0.15) is 5.75 Å². The highest BCUT2D eigenvalue weighted by Gasteiger charge is 2.17. The molecule has 0 N–H and O–H groups in total. The standard InChI is InChI=1S/C15H15Br2NO2S/c1-9-6-13(21-14(9)17)15(19)18(2)8-10-7-11(16)4-5-12(10)20-3/h4-7H,8H2,1-3H3. The maximum absolute atomic E-state index is 12.5. The minimum atomic E-state index is 0.0100.